The van der Waals surface area contributed by atoms with E-state index < -0.39 is 0 Å². The molecule has 0 N–H and O–H groups in total. The first kappa shape index (κ1) is 6.92. The zero-order chi connectivity index (χ0) is 4.99. The molecule has 0 aliphatic heterocycles. The first-order valence-electron chi connectivity index (χ1n) is 1.68. The molecular weight excluding hydrogens is 114 g/mol. The normalized spacial score (nSPS) is 16.0. The van der Waals surface area contributed by atoms with E-state index in [-0.39, 0.29) is 4.05 Å². The van der Waals surface area contributed by atoms with Crippen LogP contribution in [0.4, 0.5) is 0 Å². The molecule has 3 heteroatoms. The standard InChI is InChI=1S/C3H3Cl2.Li/c4-2-1-3-5;/h1-3H;. The Bertz CT molecular complexity index is 50.8. The summed E-state index contributed by atoms with van der Waals surface area (Å²) in [6, 6.07) is 0. The molecule has 0 saturated carbocycles. The van der Waals surface area contributed by atoms with Crippen LogP contribution in [0.2, 0.25) is 0 Å². The molecule has 30 valence electrons. The van der Waals surface area contributed by atoms with Crippen molar-refractivity contribution in [1.82, 2.24) is 0 Å². The first-order valence-corrected chi connectivity index (χ1v) is 2.55. The maximum absolute atomic E-state index is 5.41. The summed E-state index contributed by atoms with van der Waals surface area (Å²) in [4.78, 5) is 0. The summed E-state index contributed by atoms with van der Waals surface area (Å²) < 4.78 is 0.0579. The van der Waals surface area contributed by atoms with Crippen molar-refractivity contribution in [2.45, 2.75) is 4.05 Å². The van der Waals surface area contributed by atoms with Gasteiger partial charge in [0.2, 0.25) is 0 Å². The third-order valence-corrected chi connectivity index (χ3v) is 0.629. The summed E-state index contributed by atoms with van der Waals surface area (Å²) in [7, 11) is 0. The van der Waals surface area contributed by atoms with Gasteiger partial charge in [0, 0.05) is 0 Å². The molecule has 0 fully saturated rings. The van der Waals surface area contributed by atoms with Crippen LogP contribution in [0.25, 0.3) is 0 Å². The van der Waals surface area contributed by atoms with Crippen LogP contribution in [0, 0.1) is 0 Å². The Morgan fingerprint density at radius 1 is 1.67 bits per heavy atom. The van der Waals surface area contributed by atoms with E-state index in [4.69, 9.17) is 23.2 Å². The van der Waals surface area contributed by atoms with Crippen LogP contribution in [0.3, 0.4) is 0 Å². The van der Waals surface area contributed by atoms with Crippen molar-refractivity contribution in [3.8, 4) is 0 Å². The van der Waals surface area contributed by atoms with E-state index in [1.54, 1.807) is 6.08 Å². The first-order chi connectivity index (χ1) is 2.77. The Morgan fingerprint density at radius 2 is 2.17 bits per heavy atom. The molecule has 0 radical (unpaired) electrons. The topological polar surface area (TPSA) is 0 Å². The van der Waals surface area contributed by atoms with Crippen molar-refractivity contribution < 1.29 is 0 Å². The summed E-state index contributed by atoms with van der Waals surface area (Å²) in [6.45, 7) is 0. The molecular formula is C3H3Cl2Li. The quantitative estimate of drug-likeness (QED) is 0.360. The average Bonchev–Trinajstić information content (AvgIpc) is 1.35. The molecule has 0 bridgehead atoms. The van der Waals surface area contributed by atoms with E-state index in [0.717, 1.165) is 0 Å². The van der Waals surface area contributed by atoms with E-state index in [1.807, 2.05) is 17.7 Å². The van der Waals surface area contributed by atoms with Crippen LogP contribution in [0.5, 0.6) is 0 Å². The Hall–Kier alpha value is 0.917. The zero-order valence-electron chi connectivity index (χ0n) is 3.49. The van der Waals surface area contributed by atoms with Crippen molar-refractivity contribution >= 4 is 40.9 Å². The van der Waals surface area contributed by atoms with Gasteiger partial charge in [0.15, 0.2) is 0 Å². The second kappa shape index (κ2) is 4.09. The van der Waals surface area contributed by atoms with Gasteiger partial charge in [-0.15, -0.1) is 0 Å². The summed E-state index contributed by atoms with van der Waals surface area (Å²) in [5, 5.41) is 0. The van der Waals surface area contributed by atoms with E-state index >= 15 is 0 Å². The third kappa shape index (κ3) is 4.92. The van der Waals surface area contributed by atoms with E-state index in [1.165, 1.54) is 5.54 Å². The van der Waals surface area contributed by atoms with E-state index in [0.29, 0.717) is 0 Å². The molecule has 0 amide bonds. The van der Waals surface area contributed by atoms with Gasteiger partial charge >= 0.3 is 56.6 Å². The van der Waals surface area contributed by atoms with Crippen molar-refractivity contribution in [2.75, 3.05) is 0 Å². The van der Waals surface area contributed by atoms with Crippen molar-refractivity contribution in [2.24, 2.45) is 0 Å². The molecule has 0 aliphatic carbocycles. The SMILES string of the molecule is [Li][CH](Cl)C=CCl. The van der Waals surface area contributed by atoms with Gasteiger partial charge in [0.05, 0.1) is 0 Å². The van der Waals surface area contributed by atoms with Crippen LogP contribution in [0.1, 0.15) is 0 Å². The molecule has 0 spiro atoms. The molecule has 0 saturated heterocycles. The minimum atomic E-state index is 0.0579. The van der Waals surface area contributed by atoms with Gasteiger partial charge in [-0.3, -0.25) is 0 Å². The fourth-order valence-electron chi connectivity index (χ4n) is 0.100. The second-order valence-electron chi connectivity index (χ2n) is 0.996. The van der Waals surface area contributed by atoms with Crippen LogP contribution < -0.4 is 0 Å². The van der Waals surface area contributed by atoms with Crippen molar-refractivity contribution in [3.05, 3.63) is 11.6 Å². The van der Waals surface area contributed by atoms with Gasteiger partial charge in [-0.1, -0.05) is 0 Å². The van der Waals surface area contributed by atoms with Crippen molar-refractivity contribution in [3.63, 3.8) is 0 Å². The van der Waals surface area contributed by atoms with E-state index in [2.05, 4.69) is 0 Å². The van der Waals surface area contributed by atoms with Crippen molar-refractivity contribution in [1.29, 1.82) is 0 Å². The van der Waals surface area contributed by atoms with Gasteiger partial charge in [-0.2, -0.15) is 0 Å². The molecule has 0 aromatic heterocycles. The van der Waals surface area contributed by atoms with Gasteiger partial charge in [-0.25, -0.2) is 0 Å². The van der Waals surface area contributed by atoms with Gasteiger partial charge in [0.1, 0.15) is 0 Å². The Kier molecular flexibility index (Phi) is 4.71. The Balaban J connectivity index is 3.03. The second-order valence-corrected chi connectivity index (χ2v) is 1.94. The number of hydrogen-bond donors (Lipinski definition) is 0. The van der Waals surface area contributed by atoms with Gasteiger partial charge in [0.25, 0.3) is 0 Å². The number of rotatable bonds is 1. The fraction of sp³-hybridized carbons (Fsp3) is 0.333. The van der Waals surface area contributed by atoms with Crippen LogP contribution in [-0.2, 0) is 0 Å². The average molecular weight is 117 g/mol. The summed E-state index contributed by atoms with van der Waals surface area (Å²) in [5.41, 5.74) is 1.41. The Labute approximate surface area is 56.7 Å². The third-order valence-electron chi connectivity index (χ3n) is 0.338. The van der Waals surface area contributed by atoms with Gasteiger partial charge in [-0.05, 0) is 0 Å². The monoisotopic (exact) mass is 116 g/mol. The molecule has 1 atom stereocenters. The predicted octanol–water partition coefficient (Wildman–Crippen LogP) is 1.47. The van der Waals surface area contributed by atoms with E-state index in [9.17, 15) is 0 Å². The number of alkyl halides is 1. The molecule has 0 nitrogen and oxygen atoms in total. The Morgan fingerprint density at radius 3 is 2.17 bits per heavy atom. The minimum absolute atomic E-state index is 0.0579. The van der Waals surface area contributed by atoms with Gasteiger partial charge < -0.3 is 0 Å². The van der Waals surface area contributed by atoms with Crippen LogP contribution in [-0.4, -0.2) is 21.8 Å². The number of allylic oxidation sites excluding steroid dienone is 1. The molecule has 0 aromatic rings. The number of halogens is 2. The molecule has 0 rings (SSSR count). The summed E-state index contributed by atoms with van der Waals surface area (Å²) in [5.74, 6) is 0. The number of hydrogen-bond acceptors (Lipinski definition) is 0. The summed E-state index contributed by atoms with van der Waals surface area (Å²) >= 11 is 12.4. The van der Waals surface area contributed by atoms with Crippen LogP contribution in [0.15, 0.2) is 11.6 Å². The zero-order valence-corrected chi connectivity index (χ0v) is 5.00. The fourth-order valence-corrected chi connectivity index (χ4v) is 0.466. The van der Waals surface area contributed by atoms with Crippen LogP contribution >= 0.6 is 23.2 Å². The predicted molar refractivity (Wildman–Crippen MR) is 30.4 cm³/mol. The molecule has 0 aromatic carbocycles. The summed E-state index contributed by atoms with van der Waals surface area (Å²) in [6.07, 6.45) is 1.70. The molecule has 6 heavy (non-hydrogen) atoms. The maximum atomic E-state index is 5.41. The molecule has 1 unspecified atom stereocenters. The molecule has 0 heterocycles. The molecule has 0 aliphatic rings.